The maximum Gasteiger partial charge on any atom is 0.204 e. The number of alkyl halides is 1. The quantitative estimate of drug-likeness (QED) is 0.0832. The Morgan fingerprint density at radius 2 is 1.54 bits per heavy atom. The van der Waals surface area contributed by atoms with Crippen LogP contribution in [0.3, 0.4) is 0 Å². The highest BCUT2D eigenvalue weighted by Crippen LogP contribution is 2.57. The van der Waals surface area contributed by atoms with Gasteiger partial charge in [-0.25, -0.2) is 0 Å². The molecule has 0 spiro atoms. The SMILES string of the molecule is CN(C)c1cc2c(s1)-c1sc(/C=C3\SC(=O)C(CCCCOCCOCCCCCCCl)C3=O)cc1C2(C)C. The zero-order valence-electron chi connectivity index (χ0n) is 23.5. The summed E-state index contributed by atoms with van der Waals surface area (Å²) in [5, 5.41) is 1.23. The van der Waals surface area contributed by atoms with Gasteiger partial charge in [-0.1, -0.05) is 26.7 Å². The Morgan fingerprint density at radius 1 is 0.897 bits per heavy atom. The topological polar surface area (TPSA) is 55.8 Å². The number of halogens is 1. The summed E-state index contributed by atoms with van der Waals surface area (Å²) in [5.74, 6) is 0.182. The molecule has 1 aliphatic heterocycles. The number of thiophene rings is 2. The lowest BCUT2D eigenvalue weighted by atomic mass is 9.84. The number of rotatable bonds is 16. The first kappa shape index (κ1) is 30.8. The van der Waals surface area contributed by atoms with Gasteiger partial charge in [0.2, 0.25) is 5.12 Å². The number of anilines is 1. The van der Waals surface area contributed by atoms with Crippen LogP contribution in [0.4, 0.5) is 5.00 Å². The van der Waals surface area contributed by atoms with E-state index in [4.69, 9.17) is 21.1 Å². The molecule has 2 aromatic heterocycles. The zero-order valence-corrected chi connectivity index (χ0v) is 26.7. The second-order valence-corrected chi connectivity index (χ2v) is 14.4. The largest absolute Gasteiger partial charge is 0.379 e. The number of unbranched alkanes of at least 4 members (excludes halogenated alkanes) is 4. The zero-order chi connectivity index (χ0) is 28.0. The first-order chi connectivity index (χ1) is 18.7. The molecule has 9 heteroatoms. The molecule has 5 nitrogen and oxygen atoms in total. The summed E-state index contributed by atoms with van der Waals surface area (Å²) in [4.78, 5) is 32.2. The highest BCUT2D eigenvalue weighted by atomic mass is 35.5. The Bertz CT molecular complexity index is 1180. The molecular weight excluding hydrogens is 570 g/mol. The molecule has 1 atom stereocenters. The highest BCUT2D eigenvalue weighted by molar-refractivity contribution is 8.18. The van der Waals surface area contributed by atoms with Crippen molar-refractivity contribution in [3.63, 3.8) is 0 Å². The van der Waals surface area contributed by atoms with Crippen molar-refractivity contribution < 1.29 is 19.1 Å². The van der Waals surface area contributed by atoms with E-state index in [-0.39, 0.29) is 16.3 Å². The summed E-state index contributed by atoms with van der Waals surface area (Å²) >= 11 is 10.3. The van der Waals surface area contributed by atoms with Crippen LogP contribution in [0.1, 0.15) is 74.8 Å². The number of fused-ring (bicyclic) bond motifs is 3. The summed E-state index contributed by atoms with van der Waals surface area (Å²) in [6.45, 7) is 7.12. The molecule has 2 aromatic rings. The standard InChI is InChI=1S/C30H40ClNO4S3/c1-30(2)22-17-20(37-27(22)28-23(30)19-25(39-28)32(3)4)18-24-26(33)21(29(34)38-24)11-7-10-14-36-16-15-35-13-9-6-5-8-12-31/h17-19,21H,5-16H2,1-4H3/b24-18-. The van der Waals surface area contributed by atoms with E-state index in [9.17, 15) is 9.59 Å². The van der Waals surface area contributed by atoms with Gasteiger partial charge < -0.3 is 14.4 Å². The minimum atomic E-state index is -0.529. The molecule has 1 unspecified atom stereocenters. The van der Waals surface area contributed by atoms with Crippen LogP contribution in [-0.4, -0.2) is 57.3 Å². The lowest BCUT2D eigenvalue weighted by molar-refractivity contribution is -0.124. The molecule has 1 aliphatic carbocycles. The minimum Gasteiger partial charge on any atom is -0.379 e. The van der Waals surface area contributed by atoms with Crippen LogP contribution in [0.5, 0.6) is 0 Å². The van der Waals surface area contributed by atoms with E-state index < -0.39 is 5.92 Å². The van der Waals surface area contributed by atoms with Gasteiger partial charge in [0, 0.05) is 48.4 Å². The second kappa shape index (κ2) is 14.1. The smallest absolute Gasteiger partial charge is 0.204 e. The van der Waals surface area contributed by atoms with Crippen LogP contribution < -0.4 is 4.90 Å². The molecule has 0 aromatic carbocycles. The number of carbonyl (C=O) groups is 2. The number of Topliss-reactive ketones (excluding diaryl/α,β-unsaturated/α-hetero) is 1. The number of thioether (sulfide) groups is 1. The highest BCUT2D eigenvalue weighted by Gasteiger charge is 2.41. The molecule has 2 aliphatic rings. The third-order valence-electron chi connectivity index (χ3n) is 7.37. The van der Waals surface area contributed by atoms with Crippen molar-refractivity contribution in [2.75, 3.05) is 51.3 Å². The first-order valence-electron chi connectivity index (χ1n) is 13.9. The summed E-state index contributed by atoms with van der Waals surface area (Å²) in [6, 6.07) is 4.51. The third kappa shape index (κ3) is 7.38. The third-order valence-corrected chi connectivity index (χ3v) is 11.2. The van der Waals surface area contributed by atoms with Gasteiger partial charge in [-0.15, -0.1) is 34.3 Å². The summed E-state index contributed by atoms with van der Waals surface area (Å²) < 4.78 is 11.2. The van der Waals surface area contributed by atoms with Crippen molar-refractivity contribution in [3.8, 4) is 9.75 Å². The van der Waals surface area contributed by atoms with Gasteiger partial charge in [-0.05, 0) is 73.2 Å². The average Bonchev–Trinajstić information content (AvgIpc) is 3.62. The monoisotopic (exact) mass is 609 g/mol. The van der Waals surface area contributed by atoms with Crippen molar-refractivity contribution >= 4 is 68.0 Å². The molecule has 0 saturated carbocycles. The number of allylic oxidation sites excluding steroid dienone is 1. The van der Waals surface area contributed by atoms with Crippen molar-refractivity contribution in [1.82, 2.24) is 0 Å². The van der Waals surface area contributed by atoms with Crippen molar-refractivity contribution in [2.24, 2.45) is 5.92 Å². The van der Waals surface area contributed by atoms with E-state index in [1.807, 2.05) is 17.4 Å². The fourth-order valence-electron chi connectivity index (χ4n) is 5.00. The number of carbonyl (C=O) groups excluding carboxylic acids is 2. The lowest BCUT2D eigenvalue weighted by Gasteiger charge is -2.19. The predicted octanol–water partition coefficient (Wildman–Crippen LogP) is 7.98. The lowest BCUT2D eigenvalue weighted by Crippen LogP contribution is -2.14. The van der Waals surface area contributed by atoms with Crippen LogP contribution >= 0.6 is 46.0 Å². The van der Waals surface area contributed by atoms with Crippen LogP contribution in [0, 0.1) is 5.92 Å². The molecule has 3 heterocycles. The van der Waals surface area contributed by atoms with Gasteiger partial charge in [0.25, 0.3) is 0 Å². The van der Waals surface area contributed by atoms with E-state index in [1.165, 1.54) is 25.9 Å². The molecular formula is C30H40ClNO4S3. The van der Waals surface area contributed by atoms with E-state index in [2.05, 4.69) is 45.0 Å². The Morgan fingerprint density at radius 3 is 2.23 bits per heavy atom. The van der Waals surface area contributed by atoms with Gasteiger partial charge in [0.15, 0.2) is 5.78 Å². The number of nitrogens with zero attached hydrogens (tertiary/aromatic N) is 1. The Labute approximate surface area is 250 Å². The summed E-state index contributed by atoms with van der Waals surface area (Å²) in [6.07, 6.45) is 8.61. The second-order valence-electron chi connectivity index (χ2n) is 10.9. The number of hydrogen-bond acceptors (Lipinski definition) is 8. The maximum absolute atomic E-state index is 13.1. The molecule has 39 heavy (non-hydrogen) atoms. The van der Waals surface area contributed by atoms with E-state index in [0.29, 0.717) is 31.1 Å². The first-order valence-corrected chi connectivity index (χ1v) is 16.9. The van der Waals surface area contributed by atoms with E-state index in [0.717, 1.165) is 67.7 Å². The van der Waals surface area contributed by atoms with Gasteiger partial charge >= 0.3 is 0 Å². The maximum atomic E-state index is 13.1. The van der Waals surface area contributed by atoms with E-state index >= 15 is 0 Å². The van der Waals surface area contributed by atoms with Crippen molar-refractivity contribution in [1.29, 1.82) is 0 Å². The predicted molar refractivity (Wildman–Crippen MR) is 168 cm³/mol. The molecule has 214 valence electrons. The number of ketones is 1. The summed E-state index contributed by atoms with van der Waals surface area (Å²) in [7, 11) is 4.15. The Kier molecular flexibility index (Phi) is 11.2. The van der Waals surface area contributed by atoms with E-state index in [1.54, 1.807) is 11.3 Å². The molecule has 0 amide bonds. The summed E-state index contributed by atoms with van der Waals surface area (Å²) in [5.41, 5.74) is 2.63. The number of hydrogen-bond donors (Lipinski definition) is 0. The van der Waals surface area contributed by atoms with Gasteiger partial charge in [0.05, 0.1) is 33.9 Å². The molecule has 0 bridgehead atoms. The normalized spacial score (nSPS) is 18.8. The fraction of sp³-hybridized carbons (Fsp3) is 0.600. The van der Waals surface area contributed by atoms with Crippen LogP contribution in [-0.2, 0) is 24.5 Å². The molecule has 1 saturated heterocycles. The minimum absolute atomic E-state index is 0.0211. The van der Waals surface area contributed by atoms with Crippen LogP contribution in [0.15, 0.2) is 17.0 Å². The Balaban J connectivity index is 1.22. The van der Waals surface area contributed by atoms with Gasteiger partial charge in [-0.3, -0.25) is 9.59 Å². The van der Waals surface area contributed by atoms with Crippen LogP contribution in [0.25, 0.3) is 15.8 Å². The average molecular weight is 610 g/mol. The van der Waals surface area contributed by atoms with Crippen LogP contribution in [0.2, 0.25) is 0 Å². The van der Waals surface area contributed by atoms with Crippen molar-refractivity contribution in [3.05, 3.63) is 33.0 Å². The van der Waals surface area contributed by atoms with Gasteiger partial charge in [0.1, 0.15) is 0 Å². The van der Waals surface area contributed by atoms with Gasteiger partial charge in [-0.2, -0.15) is 0 Å². The number of ether oxygens (including phenoxy) is 2. The van der Waals surface area contributed by atoms with Crippen molar-refractivity contribution in [2.45, 2.75) is 64.2 Å². The molecule has 4 rings (SSSR count). The Hall–Kier alpha value is -1.16. The molecule has 0 N–H and O–H groups in total. The molecule has 0 radical (unpaired) electrons. The molecule has 1 fully saturated rings. The fourth-order valence-corrected chi connectivity index (χ4v) is 8.94.